The summed E-state index contributed by atoms with van der Waals surface area (Å²) in [6.45, 7) is 1.83. The summed E-state index contributed by atoms with van der Waals surface area (Å²) in [6.07, 6.45) is -0.170. The van der Waals surface area contributed by atoms with Gasteiger partial charge in [0.2, 0.25) is 17.8 Å². The van der Waals surface area contributed by atoms with Gasteiger partial charge in [-0.05, 0) is 42.8 Å². The quantitative estimate of drug-likeness (QED) is 0.468. The number of methoxy groups -OCH3 is 1. The lowest BCUT2D eigenvalue weighted by atomic mass is 9.92. The van der Waals surface area contributed by atoms with Crippen molar-refractivity contribution in [1.82, 2.24) is 9.97 Å². The summed E-state index contributed by atoms with van der Waals surface area (Å²) < 4.78 is 5.20. The largest absolute Gasteiger partial charge is 0.497 e. The number of fused-ring (bicyclic) bond motifs is 1. The highest BCUT2D eigenvalue weighted by molar-refractivity contribution is 6.30. The van der Waals surface area contributed by atoms with E-state index in [1.165, 1.54) is 7.11 Å². The molecule has 0 radical (unpaired) electrons. The number of aryl methyl sites for hydroxylation is 1. The average molecular weight is 454 g/mol. The Morgan fingerprint density at radius 3 is 2.66 bits per heavy atom. The molecule has 2 aromatic carbocycles. The number of hydrogen-bond donors (Lipinski definition) is 4. The van der Waals surface area contributed by atoms with E-state index >= 15 is 0 Å². The highest BCUT2D eigenvalue weighted by Gasteiger charge is 2.35. The van der Waals surface area contributed by atoms with Crippen LogP contribution in [0.3, 0.4) is 0 Å². The molecule has 164 valence electrons. The van der Waals surface area contributed by atoms with E-state index in [0.29, 0.717) is 22.1 Å². The van der Waals surface area contributed by atoms with Crippen LogP contribution in [0.4, 0.5) is 23.1 Å². The third-order valence-corrected chi connectivity index (χ3v) is 5.33. The number of hydrogen-bond acceptors (Lipinski definition) is 6. The fourth-order valence-corrected chi connectivity index (χ4v) is 3.53. The number of carbonyl (C=O) groups excluding carboxylic acids is 2. The lowest BCUT2D eigenvalue weighted by Gasteiger charge is -2.24. The van der Waals surface area contributed by atoms with E-state index < -0.39 is 23.3 Å². The van der Waals surface area contributed by atoms with E-state index in [-0.39, 0.29) is 23.8 Å². The zero-order valence-corrected chi connectivity index (χ0v) is 18.0. The van der Waals surface area contributed by atoms with Crippen molar-refractivity contribution < 1.29 is 14.3 Å². The number of benzene rings is 2. The van der Waals surface area contributed by atoms with Gasteiger partial charge < -0.3 is 20.7 Å². The normalized spacial score (nSPS) is 14.8. The Morgan fingerprint density at radius 1 is 1.19 bits per heavy atom. The highest BCUT2D eigenvalue weighted by atomic mass is 35.5. The minimum absolute atomic E-state index is 0.0453. The number of nitrogens with zero attached hydrogens (tertiary/aromatic N) is 1. The monoisotopic (exact) mass is 453 g/mol. The molecule has 1 aromatic heterocycles. The zero-order valence-electron chi connectivity index (χ0n) is 17.3. The van der Waals surface area contributed by atoms with Gasteiger partial charge >= 0.3 is 0 Å². The number of anilines is 4. The molecule has 0 saturated carbocycles. The second kappa shape index (κ2) is 8.72. The number of nitrogens with one attached hydrogen (secondary N) is 4. The van der Waals surface area contributed by atoms with Crippen LogP contribution < -0.4 is 26.2 Å². The van der Waals surface area contributed by atoms with Crippen LogP contribution in [0.1, 0.15) is 23.5 Å². The molecular formula is C22H20ClN5O4. The van der Waals surface area contributed by atoms with Crippen LogP contribution in [0.2, 0.25) is 5.02 Å². The van der Waals surface area contributed by atoms with E-state index in [0.717, 1.165) is 5.56 Å². The summed E-state index contributed by atoms with van der Waals surface area (Å²) in [4.78, 5) is 45.1. The smallest absolute Gasteiger partial charge is 0.258 e. The summed E-state index contributed by atoms with van der Waals surface area (Å²) in [5.41, 5.74) is 1.57. The summed E-state index contributed by atoms with van der Waals surface area (Å²) >= 11 is 5.89. The van der Waals surface area contributed by atoms with Crippen molar-refractivity contribution in [2.45, 2.75) is 19.3 Å². The van der Waals surface area contributed by atoms with Crippen molar-refractivity contribution in [1.29, 1.82) is 0 Å². The van der Waals surface area contributed by atoms with Crippen molar-refractivity contribution in [2.24, 2.45) is 0 Å². The zero-order chi connectivity index (χ0) is 22.8. The number of aromatic amines is 1. The van der Waals surface area contributed by atoms with Crippen LogP contribution in [0.5, 0.6) is 5.75 Å². The molecule has 1 atom stereocenters. The fourth-order valence-electron chi connectivity index (χ4n) is 3.41. The Hall–Kier alpha value is -3.85. The van der Waals surface area contributed by atoms with Crippen LogP contribution in [0, 0.1) is 6.92 Å². The van der Waals surface area contributed by atoms with Gasteiger partial charge in [-0.1, -0.05) is 17.7 Å². The molecule has 1 aliphatic rings. The second-order valence-corrected chi connectivity index (χ2v) is 7.72. The lowest BCUT2D eigenvalue weighted by Crippen LogP contribution is -2.36. The van der Waals surface area contributed by atoms with Crippen molar-refractivity contribution in [2.75, 3.05) is 23.1 Å². The molecule has 10 heteroatoms. The number of ether oxygens (including phenoxy) is 1. The molecule has 0 saturated heterocycles. The van der Waals surface area contributed by atoms with Gasteiger partial charge in [-0.2, -0.15) is 4.98 Å². The van der Waals surface area contributed by atoms with Crippen molar-refractivity contribution in [3.63, 3.8) is 0 Å². The number of H-pyrrole nitrogens is 1. The molecular weight excluding hydrogens is 434 g/mol. The highest BCUT2D eigenvalue weighted by Crippen LogP contribution is 2.31. The first-order chi connectivity index (χ1) is 15.3. The van der Waals surface area contributed by atoms with Crippen LogP contribution >= 0.6 is 11.6 Å². The minimum Gasteiger partial charge on any atom is -0.497 e. The topological polar surface area (TPSA) is 125 Å². The lowest BCUT2D eigenvalue weighted by molar-refractivity contribution is -0.123. The van der Waals surface area contributed by atoms with E-state index in [4.69, 9.17) is 16.3 Å². The Morgan fingerprint density at radius 2 is 1.94 bits per heavy atom. The molecule has 3 aromatic rings. The maximum Gasteiger partial charge on any atom is 0.258 e. The van der Waals surface area contributed by atoms with E-state index in [9.17, 15) is 14.4 Å². The first-order valence-electron chi connectivity index (χ1n) is 9.76. The SMILES string of the molecule is COc1ccc(C)c(NC(=O)[C@H]2CC(=O)Nc3nc(Nc4ccc(Cl)cc4)[nH]c(=O)c32)c1. The van der Waals surface area contributed by atoms with Gasteiger partial charge in [-0.3, -0.25) is 19.4 Å². The molecule has 4 N–H and O–H groups in total. The Kier molecular flexibility index (Phi) is 5.83. The third kappa shape index (κ3) is 4.42. The first kappa shape index (κ1) is 21.4. The number of amides is 2. The molecule has 2 amide bonds. The standard InChI is InChI=1S/C22H20ClN5O4/c1-11-3-8-14(32-2)9-16(11)25-20(30)15-10-17(29)26-19-18(15)21(31)28-22(27-19)24-13-6-4-12(23)5-7-13/h3-9,15H,10H2,1-2H3,(H,25,30)(H3,24,26,27,28,29,31)/t15-/m0/s1. The van der Waals surface area contributed by atoms with Crippen LogP contribution in [0.15, 0.2) is 47.3 Å². The van der Waals surface area contributed by atoms with Crippen LogP contribution in [0.25, 0.3) is 0 Å². The summed E-state index contributed by atoms with van der Waals surface area (Å²) in [6, 6.07) is 12.1. The van der Waals surface area contributed by atoms with E-state index in [2.05, 4.69) is 25.9 Å². The maximum atomic E-state index is 13.0. The molecule has 0 fully saturated rings. The Balaban J connectivity index is 1.64. The number of carbonyl (C=O) groups is 2. The van der Waals surface area contributed by atoms with Gasteiger partial charge in [0.1, 0.15) is 11.6 Å². The van der Waals surface area contributed by atoms with Crippen molar-refractivity contribution in [3.8, 4) is 5.75 Å². The second-order valence-electron chi connectivity index (χ2n) is 7.28. The summed E-state index contributed by atoms with van der Waals surface area (Å²) in [5.74, 6) is -1.14. The molecule has 9 nitrogen and oxygen atoms in total. The number of halogens is 1. The molecule has 32 heavy (non-hydrogen) atoms. The first-order valence-corrected chi connectivity index (χ1v) is 10.1. The van der Waals surface area contributed by atoms with Gasteiger partial charge in [0.05, 0.1) is 18.6 Å². The molecule has 4 rings (SSSR count). The van der Waals surface area contributed by atoms with Gasteiger partial charge in [0, 0.05) is 28.9 Å². The van der Waals surface area contributed by atoms with Gasteiger partial charge in [0.25, 0.3) is 5.56 Å². The molecule has 0 unspecified atom stereocenters. The molecule has 2 heterocycles. The third-order valence-electron chi connectivity index (χ3n) is 5.08. The van der Waals surface area contributed by atoms with Crippen molar-refractivity contribution >= 4 is 46.6 Å². The molecule has 0 bridgehead atoms. The fraction of sp³-hybridized carbons (Fsp3) is 0.182. The van der Waals surface area contributed by atoms with Gasteiger partial charge in [0.15, 0.2) is 0 Å². The van der Waals surface area contributed by atoms with E-state index in [1.54, 1.807) is 42.5 Å². The molecule has 0 aliphatic carbocycles. The predicted octanol–water partition coefficient (Wildman–Crippen LogP) is 3.55. The van der Waals surface area contributed by atoms with Gasteiger partial charge in [-0.15, -0.1) is 0 Å². The van der Waals surface area contributed by atoms with Gasteiger partial charge in [-0.25, -0.2) is 0 Å². The summed E-state index contributed by atoms with van der Waals surface area (Å²) in [5, 5.41) is 8.89. The molecule has 1 aliphatic heterocycles. The molecule has 0 spiro atoms. The van der Waals surface area contributed by atoms with Crippen LogP contribution in [-0.4, -0.2) is 28.9 Å². The maximum absolute atomic E-state index is 13.0. The predicted molar refractivity (Wildman–Crippen MR) is 122 cm³/mol. The van der Waals surface area contributed by atoms with E-state index in [1.807, 2.05) is 6.92 Å². The van der Waals surface area contributed by atoms with Crippen molar-refractivity contribution in [3.05, 3.63) is 69.0 Å². The minimum atomic E-state index is -0.995. The average Bonchev–Trinajstić information content (AvgIpc) is 2.76. The number of aromatic nitrogens is 2. The Bertz CT molecular complexity index is 1260. The summed E-state index contributed by atoms with van der Waals surface area (Å²) in [7, 11) is 1.53. The van der Waals surface area contributed by atoms with Crippen LogP contribution in [-0.2, 0) is 9.59 Å². The Labute approximate surface area is 188 Å². The number of rotatable bonds is 5.